The number of amides is 1. The third-order valence-electron chi connectivity index (χ3n) is 4.07. The van der Waals surface area contributed by atoms with Gasteiger partial charge in [-0.15, -0.1) is 0 Å². The number of aliphatic carboxylic acids is 1. The zero-order chi connectivity index (χ0) is 16.0. The van der Waals surface area contributed by atoms with Crippen LogP contribution in [0.4, 0.5) is 0 Å². The van der Waals surface area contributed by atoms with Gasteiger partial charge in [-0.3, -0.25) is 9.59 Å². The second-order valence-corrected chi connectivity index (χ2v) is 6.49. The summed E-state index contributed by atoms with van der Waals surface area (Å²) in [6.07, 6.45) is 5.71. The SMILES string of the molecule is CC(C)CC(CNC(=O)C1CC=CCC1C(=O)O)N(C)C. The van der Waals surface area contributed by atoms with Gasteiger partial charge in [0, 0.05) is 12.6 Å². The Morgan fingerprint density at radius 1 is 1.24 bits per heavy atom. The van der Waals surface area contributed by atoms with Crippen LogP contribution < -0.4 is 5.32 Å². The first-order valence-electron chi connectivity index (χ1n) is 7.64. The molecule has 0 aromatic heterocycles. The first-order chi connectivity index (χ1) is 9.82. The standard InChI is InChI=1S/C16H28N2O3/c1-11(2)9-12(18(3)4)10-17-15(19)13-7-5-6-8-14(13)16(20)21/h5-6,11-14H,7-10H2,1-4H3,(H,17,19)(H,20,21). The van der Waals surface area contributed by atoms with Crippen molar-refractivity contribution in [1.82, 2.24) is 10.2 Å². The molecule has 0 aliphatic heterocycles. The van der Waals surface area contributed by atoms with Crippen LogP contribution in [0.1, 0.15) is 33.1 Å². The maximum absolute atomic E-state index is 12.3. The normalized spacial score (nSPS) is 23.3. The van der Waals surface area contributed by atoms with Gasteiger partial charge in [-0.25, -0.2) is 0 Å². The van der Waals surface area contributed by atoms with Gasteiger partial charge in [-0.05, 0) is 39.3 Å². The summed E-state index contributed by atoms with van der Waals surface area (Å²) in [6.45, 7) is 4.88. The number of rotatable bonds is 7. The number of hydrogen-bond donors (Lipinski definition) is 2. The predicted octanol–water partition coefficient (Wildman–Crippen LogP) is 1.75. The van der Waals surface area contributed by atoms with E-state index in [1.807, 2.05) is 26.2 Å². The lowest BCUT2D eigenvalue weighted by Crippen LogP contribution is -2.45. The molecule has 1 aliphatic rings. The molecule has 1 amide bonds. The van der Waals surface area contributed by atoms with Crippen LogP contribution in [-0.4, -0.2) is 48.6 Å². The molecule has 1 aliphatic carbocycles. The van der Waals surface area contributed by atoms with Gasteiger partial charge in [0.15, 0.2) is 0 Å². The highest BCUT2D eigenvalue weighted by molar-refractivity contribution is 5.85. The number of nitrogens with one attached hydrogen (secondary N) is 1. The van der Waals surface area contributed by atoms with E-state index in [-0.39, 0.29) is 11.9 Å². The van der Waals surface area contributed by atoms with E-state index >= 15 is 0 Å². The lowest BCUT2D eigenvalue weighted by molar-refractivity contribution is -0.147. The maximum Gasteiger partial charge on any atom is 0.307 e. The molecule has 0 bridgehead atoms. The molecule has 2 N–H and O–H groups in total. The number of carboxylic acid groups (broad SMARTS) is 1. The van der Waals surface area contributed by atoms with Crippen LogP contribution in [0.15, 0.2) is 12.2 Å². The molecular formula is C16H28N2O3. The number of carboxylic acids is 1. The van der Waals surface area contributed by atoms with E-state index < -0.39 is 17.8 Å². The summed E-state index contributed by atoms with van der Waals surface area (Å²) in [5, 5.41) is 12.2. The molecule has 0 fully saturated rings. The van der Waals surface area contributed by atoms with Crippen LogP contribution in [0, 0.1) is 17.8 Å². The summed E-state index contributed by atoms with van der Waals surface area (Å²) >= 11 is 0. The molecule has 0 saturated heterocycles. The minimum Gasteiger partial charge on any atom is -0.481 e. The Kier molecular flexibility index (Phi) is 6.89. The molecule has 3 unspecified atom stereocenters. The zero-order valence-electron chi connectivity index (χ0n) is 13.5. The molecule has 0 aromatic carbocycles. The van der Waals surface area contributed by atoms with Gasteiger partial charge in [-0.1, -0.05) is 26.0 Å². The molecule has 5 nitrogen and oxygen atoms in total. The fraction of sp³-hybridized carbons (Fsp3) is 0.750. The zero-order valence-corrected chi connectivity index (χ0v) is 13.5. The van der Waals surface area contributed by atoms with Crippen molar-refractivity contribution in [3.8, 4) is 0 Å². The molecule has 0 aromatic rings. The summed E-state index contributed by atoms with van der Waals surface area (Å²) in [5.41, 5.74) is 0. The molecule has 0 radical (unpaired) electrons. The Morgan fingerprint density at radius 3 is 2.29 bits per heavy atom. The van der Waals surface area contributed by atoms with E-state index in [1.165, 1.54) is 0 Å². The van der Waals surface area contributed by atoms with Crippen molar-refractivity contribution in [2.24, 2.45) is 17.8 Å². The van der Waals surface area contributed by atoms with Crippen LogP contribution in [0.25, 0.3) is 0 Å². The molecular weight excluding hydrogens is 268 g/mol. The number of carbonyl (C=O) groups is 2. The smallest absolute Gasteiger partial charge is 0.307 e. The molecule has 0 spiro atoms. The topological polar surface area (TPSA) is 69.6 Å². The van der Waals surface area contributed by atoms with E-state index in [0.29, 0.717) is 25.3 Å². The minimum atomic E-state index is -0.883. The van der Waals surface area contributed by atoms with Gasteiger partial charge in [0.1, 0.15) is 0 Å². The quantitative estimate of drug-likeness (QED) is 0.702. The fourth-order valence-electron chi connectivity index (χ4n) is 2.75. The molecule has 3 atom stereocenters. The summed E-state index contributed by atoms with van der Waals surface area (Å²) in [5.74, 6) is -1.51. The third kappa shape index (κ3) is 5.50. The Hall–Kier alpha value is -1.36. The molecule has 120 valence electrons. The Bertz CT molecular complexity index is 391. The summed E-state index contributed by atoms with van der Waals surface area (Å²) in [6, 6.07) is 0.274. The van der Waals surface area contributed by atoms with Gasteiger partial charge < -0.3 is 15.3 Å². The van der Waals surface area contributed by atoms with Crippen molar-refractivity contribution in [2.75, 3.05) is 20.6 Å². The van der Waals surface area contributed by atoms with Gasteiger partial charge in [0.05, 0.1) is 11.8 Å². The van der Waals surface area contributed by atoms with Crippen LogP contribution >= 0.6 is 0 Å². The molecule has 0 heterocycles. The number of carbonyl (C=O) groups excluding carboxylic acids is 1. The van der Waals surface area contributed by atoms with Crippen LogP contribution in [-0.2, 0) is 9.59 Å². The Morgan fingerprint density at radius 2 is 1.81 bits per heavy atom. The van der Waals surface area contributed by atoms with Crippen molar-refractivity contribution >= 4 is 11.9 Å². The number of allylic oxidation sites excluding steroid dienone is 2. The first-order valence-corrected chi connectivity index (χ1v) is 7.64. The van der Waals surface area contributed by atoms with E-state index in [4.69, 9.17) is 0 Å². The van der Waals surface area contributed by atoms with Crippen molar-refractivity contribution in [2.45, 2.75) is 39.2 Å². The van der Waals surface area contributed by atoms with E-state index in [0.717, 1.165) is 6.42 Å². The Labute approximate surface area is 127 Å². The summed E-state index contributed by atoms with van der Waals surface area (Å²) in [7, 11) is 4.01. The van der Waals surface area contributed by atoms with E-state index in [1.54, 1.807) is 0 Å². The number of nitrogens with zero attached hydrogens (tertiary/aromatic N) is 1. The molecule has 5 heteroatoms. The predicted molar refractivity (Wildman–Crippen MR) is 82.9 cm³/mol. The number of hydrogen-bond acceptors (Lipinski definition) is 3. The lowest BCUT2D eigenvalue weighted by atomic mass is 9.82. The third-order valence-corrected chi connectivity index (χ3v) is 4.07. The fourth-order valence-corrected chi connectivity index (χ4v) is 2.75. The summed E-state index contributed by atoms with van der Waals surface area (Å²) < 4.78 is 0. The maximum atomic E-state index is 12.3. The second-order valence-electron chi connectivity index (χ2n) is 6.49. The van der Waals surface area contributed by atoms with Gasteiger partial charge in [0.2, 0.25) is 5.91 Å². The second kappa shape index (κ2) is 8.17. The monoisotopic (exact) mass is 296 g/mol. The van der Waals surface area contributed by atoms with E-state index in [2.05, 4.69) is 24.1 Å². The van der Waals surface area contributed by atoms with Gasteiger partial charge in [0.25, 0.3) is 0 Å². The van der Waals surface area contributed by atoms with Crippen molar-refractivity contribution in [3.63, 3.8) is 0 Å². The molecule has 21 heavy (non-hydrogen) atoms. The van der Waals surface area contributed by atoms with Gasteiger partial charge >= 0.3 is 5.97 Å². The molecule has 1 rings (SSSR count). The van der Waals surface area contributed by atoms with Gasteiger partial charge in [-0.2, -0.15) is 0 Å². The largest absolute Gasteiger partial charge is 0.481 e. The summed E-state index contributed by atoms with van der Waals surface area (Å²) in [4.78, 5) is 25.6. The van der Waals surface area contributed by atoms with Crippen LogP contribution in [0.5, 0.6) is 0 Å². The van der Waals surface area contributed by atoms with Crippen molar-refractivity contribution < 1.29 is 14.7 Å². The van der Waals surface area contributed by atoms with E-state index in [9.17, 15) is 14.7 Å². The average Bonchev–Trinajstić information content (AvgIpc) is 2.42. The minimum absolute atomic E-state index is 0.137. The van der Waals surface area contributed by atoms with Crippen molar-refractivity contribution in [3.05, 3.63) is 12.2 Å². The lowest BCUT2D eigenvalue weighted by Gasteiger charge is -2.29. The van der Waals surface area contributed by atoms with Crippen LogP contribution in [0.3, 0.4) is 0 Å². The Balaban J connectivity index is 2.58. The van der Waals surface area contributed by atoms with Crippen molar-refractivity contribution in [1.29, 1.82) is 0 Å². The highest BCUT2D eigenvalue weighted by atomic mass is 16.4. The molecule has 0 saturated carbocycles. The highest BCUT2D eigenvalue weighted by Crippen LogP contribution is 2.26. The highest BCUT2D eigenvalue weighted by Gasteiger charge is 2.34. The first kappa shape index (κ1) is 17.7. The number of likely N-dealkylation sites (N-methyl/N-ethyl adjacent to an activating group) is 1. The average molecular weight is 296 g/mol. The van der Waals surface area contributed by atoms with Crippen LogP contribution in [0.2, 0.25) is 0 Å².